The maximum absolute atomic E-state index is 12.7. The normalized spacial score (nSPS) is 18.0. The van der Waals surface area contributed by atoms with Crippen molar-refractivity contribution in [2.24, 2.45) is 0 Å². The first-order chi connectivity index (χ1) is 10.4. The van der Waals surface area contributed by atoms with Crippen molar-refractivity contribution in [2.45, 2.75) is 12.3 Å². The van der Waals surface area contributed by atoms with E-state index in [1.165, 1.54) is 30.9 Å². The number of rotatable bonds is 3. The van der Waals surface area contributed by atoms with Gasteiger partial charge in [0, 0.05) is 11.3 Å². The average Bonchev–Trinajstić information content (AvgIpc) is 3.09. The van der Waals surface area contributed by atoms with Crippen molar-refractivity contribution in [1.29, 1.82) is 0 Å². The summed E-state index contributed by atoms with van der Waals surface area (Å²) >= 11 is 0. The molecule has 4 nitrogen and oxygen atoms in total. The minimum atomic E-state index is -4.44. The Balaban J connectivity index is 1.76. The van der Waals surface area contributed by atoms with E-state index in [0.717, 1.165) is 12.1 Å². The topological polar surface area (TPSA) is 51.5 Å². The van der Waals surface area contributed by atoms with Gasteiger partial charge in [0.2, 0.25) is 5.78 Å². The predicted molar refractivity (Wildman–Crippen MR) is 70.7 cm³/mol. The smallest absolute Gasteiger partial charge is 0.416 e. The van der Waals surface area contributed by atoms with Crippen molar-refractivity contribution < 1.29 is 27.1 Å². The molecule has 1 aromatic carbocycles. The van der Waals surface area contributed by atoms with Crippen molar-refractivity contribution in [1.82, 2.24) is 0 Å². The summed E-state index contributed by atoms with van der Waals surface area (Å²) in [6.45, 7) is 0. The Hall–Kier alpha value is -2.70. The SMILES string of the molecule is O=C1C(Nc2cccc(C(F)(F)F)c2)=COC1c1ccoc1. The summed E-state index contributed by atoms with van der Waals surface area (Å²) in [5.41, 5.74) is -0.00525. The highest BCUT2D eigenvalue weighted by atomic mass is 19.4. The zero-order chi connectivity index (χ0) is 15.7. The molecule has 0 spiro atoms. The zero-order valence-corrected chi connectivity index (χ0v) is 11.1. The summed E-state index contributed by atoms with van der Waals surface area (Å²) in [6.07, 6.45) is -1.30. The van der Waals surface area contributed by atoms with Gasteiger partial charge in [-0.15, -0.1) is 0 Å². The third kappa shape index (κ3) is 2.69. The molecule has 7 heteroatoms. The largest absolute Gasteiger partial charge is 0.483 e. The molecule has 1 unspecified atom stereocenters. The standard InChI is InChI=1S/C15H10F3NO3/c16-15(17,18)10-2-1-3-11(6-10)19-12-8-22-14(13(12)20)9-4-5-21-7-9/h1-8,14,19H. The Labute approximate surface area is 123 Å². The molecule has 3 rings (SSSR count). The van der Waals surface area contributed by atoms with Gasteiger partial charge in [-0.25, -0.2) is 0 Å². The number of halogens is 3. The highest BCUT2D eigenvalue weighted by Crippen LogP contribution is 2.32. The van der Waals surface area contributed by atoms with Gasteiger partial charge in [0.25, 0.3) is 0 Å². The fourth-order valence-electron chi connectivity index (χ4n) is 2.07. The minimum Gasteiger partial charge on any atom is -0.483 e. The molecule has 0 fully saturated rings. The molecule has 114 valence electrons. The van der Waals surface area contributed by atoms with Crippen LogP contribution in [-0.2, 0) is 15.7 Å². The van der Waals surface area contributed by atoms with E-state index >= 15 is 0 Å². The van der Waals surface area contributed by atoms with E-state index in [9.17, 15) is 18.0 Å². The van der Waals surface area contributed by atoms with Crippen molar-refractivity contribution in [3.8, 4) is 0 Å². The number of furan rings is 1. The van der Waals surface area contributed by atoms with Crippen molar-refractivity contribution in [2.75, 3.05) is 5.32 Å². The van der Waals surface area contributed by atoms with Crippen molar-refractivity contribution >= 4 is 11.5 Å². The number of ketones is 1. The lowest BCUT2D eigenvalue weighted by molar-refractivity contribution is -0.137. The summed E-state index contributed by atoms with van der Waals surface area (Å²) in [5.74, 6) is -0.376. The number of alkyl halides is 3. The summed E-state index contributed by atoms with van der Waals surface area (Å²) in [5, 5.41) is 2.65. The molecule has 2 heterocycles. The van der Waals surface area contributed by atoms with Crippen LogP contribution in [-0.4, -0.2) is 5.78 Å². The second kappa shape index (κ2) is 5.25. The van der Waals surface area contributed by atoms with Crippen LogP contribution in [0.15, 0.2) is 59.2 Å². The number of carbonyl (C=O) groups excluding carboxylic acids is 1. The first-order valence-corrected chi connectivity index (χ1v) is 6.31. The highest BCUT2D eigenvalue weighted by Gasteiger charge is 2.33. The quantitative estimate of drug-likeness (QED) is 0.934. The number of ether oxygens (including phenoxy) is 1. The van der Waals surface area contributed by atoms with Crippen LogP contribution in [0.2, 0.25) is 0 Å². The van der Waals surface area contributed by atoms with E-state index in [0.29, 0.717) is 5.56 Å². The second-order valence-electron chi connectivity index (χ2n) is 4.67. The molecular formula is C15H10F3NO3. The Morgan fingerprint density at radius 1 is 1.18 bits per heavy atom. The molecule has 0 bridgehead atoms. The maximum atomic E-state index is 12.7. The van der Waals surface area contributed by atoms with Crippen LogP contribution in [0.1, 0.15) is 17.2 Å². The van der Waals surface area contributed by atoms with Crippen LogP contribution >= 0.6 is 0 Å². The van der Waals surface area contributed by atoms with Gasteiger partial charge in [0.05, 0.1) is 18.1 Å². The molecular weight excluding hydrogens is 299 g/mol. The van der Waals surface area contributed by atoms with Gasteiger partial charge in [-0.05, 0) is 24.3 Å². The summed E-state index contributed by atoms with van der Waals surface area (Å²) in [4.78, 5) is 12.2. The maximum Gasteiger partial charge on any atom is 0.416 e. The third-order valence-corrected chi connectivity index (χ3v) is 3.14. The molecule has 1 aliphatic heterocycles. The first kappa shape index (κ1) is 14.2. The van der Waals surface area contributed by atoms with Gasteiger partial charge in [-0.3, -0.25) is 4.79 Å². The van der Waals surface area contributed by atoms with Gasteiger partial charge in [0.15, 0.2) is 6.10 Å². The van der Waals surface area contributed by atoms with E-state index < -0.39 is 17.8 Å². The highest BCUT2D eigenvalue weighted by molar-refractivity contribution is 6.03. The van der Waals surface area contributed by atoms with E-state index in [1.807, 2.05) is 0 Å². The molecule has 2 aromatic rings. The summed E-state index contributed by atoms with van der Waals surface area (Å²) in [6, 6.07) is 6.18. The van der Waals surface area contributed by atoms with Crippen LogP contribution in [0.5, 0.6) is 0 Å². The molecule has 1 N–H and O–H groups in total. The number of carbonyl (C=O) groups is 1. The van der Waals surface area contributed by atoms with Crippen LogP contribution in [0.25, 0.3) is 0 Å². The van der Waals surface area contributed by atoms with Gasteiger partial charge in [-0.2, -0.15) is 13.2 Å². The predicted octanol–water partition coefficient (Wildman–Crippen LogP) is 3.89. The lowest BCUT2D eigenvalue weighted by atomic mass is 10.1. The van der Waals surface area contributed by atoms with E-state index in [1.54, 1.807) is 6.07 Å². The number of Topliss-reactive ketones (excluding diaryl/α,β-unsaturated/α-hetero) is 1. The molecule has 1 atom stereocenters. The second-order valence-corrected chi connectivity index (χ2v) is 4.67. The minimum absolute atomic E-state index is 0.0884. The lowest BCUT2D eigenvalue weighted by Gasteiger charge is -2.10. The molecule has 1 aromatic heterocycles. The summed E-state index contributed by atoms with van der Waals surface area (Å²) in [7, 11) is 0. The van der Waals surface area contributed by atoms with Crippen LogP contribution in [0.3, 0.4) is 0 Å². The Bertz CT molecular complexity index is 720. The Morgan fingerprint density at radius 3 is 2.68 bits per heavy atom. The number of hydrogen-bond donors (Lipinski definition) is 1. The molecule has 0 amide bonds. The molecule has 0 radical (unpaired) electrons. The number of anilines is 1. The van der Waals surface area contributed by atoms with Crippen LogP contribution in [0, 0.1) is 0 Å². The lowest BCUT2D eigenvalue weighted by Crippen LogP contribution is -2.14. The first-order valence-electron chi connectivity index (χ1n) is 6.31. The molecule has 22 heavy (non-hydrogen) atoms. The van der Waals surface area contributed by atoms with E-state index in [4.69, 9.17) is 9.15 Å². The number of nitrogens with one attached hydrogen (secondary N) is 1. The third-order valence-electron chi connectivity index (χ3n) is 3.14. The van der Waals surface area contributed by atoms with Gasteiger partial charge < -0.3 is 14.5 Å². The Morgan fingerprint density at radius 2 is 2.00 bits per heavy atom. The fourth-order valence-corrected chi connectivity index (χ4v) is 2.07. The average molecular weight is 309 g/mol. The Kier molecular flexibility index (Phi) is 3.40. The monoisotopic (exact) mass is 309 g/mol. The van der Waals surface area contributed by atoms with E-state index in [-0.39, 0.29) is 17.2 Å². The molecule has 0 saturated carbocycles. The fraction of sp³-hybridized carbons (Fsp3) is 0.133. The van der Waals surface area contributed by atoms with Gasteiger partial charge in [0.1, 0.15) is 12.0 Å². The number of benzene rings is 1. The zero-order valence-electron chi connectivity index (χ0n) is 11.1. The van der Waals surface area contributed by atoms with Gasteiger partial charge in [-0.1, -0.05) is 6.07 Å². The van der Waals surface area contributed by atoms with Crippen molar-refractivity contribution in [3.05, 3.63) is 65.9 Å². The molecule has 0 aliphatic carbocycles. The van der Waals surface area contributed by atoms with Crippen LogP contribution < -0.4 is 5.32 Å². The van der Waals surface area contributed by atoms with Gasteiger partial charge >= 0.3 is 6.18 Å². The molecule has 1 aliphatic rings. The molecule has 0 saturated heterocycles. The summed E-state index contributed by atoms with van der Waals surface area (Å²) < 4.78 is 48.1. The van der Waals surface area contributed by atoms with Crippen LogP contribution in [0.4, 0.5) is 18.9 Å². The number of hydrogen-bond acceptors (Lipinski definition) is 4. The van der Waals surface area contributed by atoms with E-state index in [2.05, 4.69) is 5.32 Å². The van der Waals surface area contributed by atoms with Crippen molar-refractivity contribution in [3.63, 3.8) is 0 Å².